The first-order valence-electron chi connectivity index (χ1n) is 5.71. The molecular formula is C14H15FN4O. The van der Waals surface area contributed by atoms with E-state index in [1.807, 2.05) is 0 Å². The number of nitrogens with one attached hydrogen (secondary N) is 1. The van der Waals surface area contributed by atoms with E-state index in [4.69, 9.17) is 5.73 Å². The van der Waals surface area contributed by atoms with Gasteiger partial charge in [-0.3, -0.25) is 9.48 Å². The Bertz CT molecular complexity index is 759. The second-order valence-corrected chi connectivity index (χ2v) is 4.29. The minimum atomic E-state index is -0.448. The molecule has 0 radical (unpaired) electrons. The fourth-order valence-electron chi connectivity index (χ4n) is 2.09. The molecule has 0 saturated heterocycles. The molecule has 0 unspecified atom stereocenters. The van der Waals surface area contributed by atoms with Crippen LogP contribution in [0.4, 0.5) is 4.39 Å². The van der Waals surface area contributed by atoms with Gasteiger partial charge in [-0.2, -0.15) is 5.10 Å². The van der Waals surface area contributed by atoms with Crippen molar-refractivity contribution in [1.29, 1.82) is 0 Å². The van der Waals surface area contributed by atoms with E-state index in [-0.39, 0.29) is 19.8 Å². The molecule has 1 aromatic carbocycles. The SMILES string of the molecule is C.NC(=O)Cn1cc(-c2c[nH]c3cc(F)ccc23)cn1. The Morgan fingerprint density at radius 3 is 3.00 bits per heavy atom. The van der Waals surface area contributed by atoms with Crippen LogP contribution in [-0.2, 0) is 11.3 Å². The highest BCUT2D eigenvalue weighted by Crippen LogP contribution is 2.28. The summed E-state index contributed by atoms with van der Waals surface area (Å²) in [6.45, 7) is 0.0387. The molecule has 0 atom stereocenters. The molecule has 0 bridgehead atoms. The number of aromatic nitrogens is 3. The zero-order valence-electron chi connectivity index (χ0n) is 9.93. The smallest absolute Gasteiger partial charge is 0.239 e. The van der Waals surface area contributed by atoms with Gasteiger partial charge in [0.15, 0.2) is 0 Å². The summed E-state index contributed by atoms with van der Waals surface area (Å²) in [5.74, 6) is -0.735. The van der Waals surface area contributed by atoms with Gasteiger partial charge in [0.1, 0.15) is 12.4 Å². The summed E-state index contributed by atoms with van der Waals surface area (Å²) in [5, 5.41) is 4.97. The van der Waals surface area contributed by atoms with E-state index in [0.29, 0.717) is 0 Å². The van der Waals surface area contributed by atoms with Crippen molar-refractivity contribution >= 4 is 16.8 Å². The van der Waals surface area contributed by atoms with Crippen LogP contribution in [0.25, 0.3) is 22.0 Å². The highest BCUT2D eigenvalue weighted by Gasteiger charge is 2.09. The zero-order chi connectivity index (χ0) is 13.4. The van der Waals surface area contributed by atoms with Crippen molar-refractivity contribution < 1.29 is 9.18 Å². The van der Waals surface area contributed by atoms with Crippen LogP contribution in [-0.4, -0.2) is 20.7 Å². The van der Waals surface area contributed by atoms with E-state index in [1.165, 1.54) is 16.8 Å². The molecule has 1 amide bonds. The third-order valence-electron chi connectivity index (χ3n) is 2.91. The van der Waals surface area contributed by atoms with Crippen LogP contribution in [0, 0.1) is 5.82 Å². The molecule has 3 rings (SSSR count). The van der Waals surface area contributed by atoms with Crippen molar-refractivity contribution in [2.45, 2.75) is 14.0 Å². The summed E-state index contributed by atoms with van der Waals surface area (Å²) >= 11 is 0. The lowest BCUT2D eigenvalue weighted by molar-refractivity contribution is -0.118. The average molecular weight is 274 g/mol. The van der Waals surface area contributed by atoms with Crippen LogP contribution in [0.1, 0.15) is 7.43 Å². The molecule has 0 aliphatic rings. The maximum atomic E-state index is 13.1. The van der Waals surface area contributed by atoms with Crippen molar-refractivity contribution in [2.75, 3.05) is 0 Å². The third-order valence-corrected chi connectivity index (χ3v) is 2.91. The monoisotopic (exact) mass is 274 g/mol. The predicted octanol–water partition coefficient (Wildman–Crippen LogP) is 2.29. The normalized spacial score (nSPS) is 10.4. The van der Waals surface area contributed by atoms with Crippen molar-refractivity contribution in [2.24, 2.45) is 5.73 Å². The zero-order valence-corrected chi connectivity index (χ0v) is 9.93. The molecule has 20 heavy (non-hydrogen) atoms. The van der Waals surface area contributed by atoms with Gasteiger partial charge in [0.05, 0.1) is 6.20 Å². The summed E-state index contributed by atoms with van der Waals surface area (Å²) in [6, 6.07) is 4.56. The summed E-state index contributed by atoms with van der Waals surface area (Å²) in [7, 11) is 0. The van der Waals surface area contributed by atoms with Gasteiger partial charge in [-0.25, -0.2) is 4.39 Å². The first-order valence-corrected chi connectivity index (χ1v) is 5.71. The summed E-state index contributed by atoms with van der Waals surface area (Å²) in [5.41, 5.74) is 7.59. The molecule has 0 saturated carbocycles. The maximum absolute atomic E-state index is 13.1. The van der Waals surface area contributed by atoms with E-state index >= 15 is 0 Å². The van der Waals surface area contributed by atoms with E-state index in [9.17, 15) is 9.18 Å². The number of amides is 1. The Kier molecular flexibility index (Phi) is 3.56. The van der Waals surface area contributed by atoms with Crippen LogP contribution in [0.5, 0.6) is 0 Å². The van der Waals surface area contributed by atoms with Crippen LogP contribution in [0.15, 0.2) is 36.8 Å². The van der Waals surface area contributed by atoms with E-state index in [1.54, 1.807) is 24.7 Å². The number of primary amides is 1. The number of aromatic amines is 1. The maximum Gasteiger partial charge on any atom is 0.239 e. The second-order valence-electron chi connectivity index (χ2n) is 4.29. The largest absolute Gasteiger partial charge is 0.368 e. The van der Waals surface area contributed by atoms with E-state index in [2.05, 4.69) is 10.1 Å². The minimum absolute atomic E-state index is 0. The topological polar surface area (TPSA) is 76.7 Å². The van der Waals surface area contributed by atoms with Crippen LogP contribution in [0.3, 0.4) is 0 Å². The van der Waals surface area contributed by atoms with Gasteiger partial charge in [-0.05, 0) is 18.2 Å². The average Bonchev–Trinajstić information content (AvgIpc) is 2.93. The first-order chi connectivity index (χ1) is 9.13. The number of benzene rings is 1. The summed E-state index contributed by atoms with van der Waals surface area (Å²) in [4.78, 5) is 13.8. The van der Waals surface area contributed by atoms with E-state index < -0.39 is 5.91 Å². The molecule has 5 nitrogen and oxygen atoms in total. The molecule has 2 aromatic heterocycles. The van der Waals surface area contributed by atoms with Gasteiger partial charge >= 0.3 is 0 Å². The number of nitrogens with zero attached hydrogens (tertiary/aromatic N) is 2. The lowest BCUT2D eigenvalue weighted by Crippen LogP contribution is -2.18. The molecule has 104 valence electrons. The standard InChI is InChI=1S/C13H11FN4O.CH4/c14-9-1-2-10-11(5-16-12(10)3-9)8-4-17-18(6-8)7-13(15)19;/h1-6,16H,7H2,(H2,15,19);1H4. The third kappa shape index (κ3) is 2.40. The summed E-state index contributed by atoms with van der Waals surface area (Å²) < 4.78 is 14.6. The fraction of sp³-hybridized carbons (Fsp3) is 0.143. The lowest BCUT2D eigenvalue weighted by atomic mass is 10.1. The number of halogens is 1. The van der Waals surface area contributed by atoms with Crippen molar-refractivity contribution in [3.8, 4) is 11.1 Å². The predicted molar refractivity (Wildman–Crippen MR) is 75.4 cm³/mol. The van der Waals surface area contributed by atoms with Crippen LogP contribution < -0.4 is 5.73 Å². The Labute approximate surface area is 115 Å². The van der Waals surface area contributed by atoms with Gasteiger partial charge in [0, 0.05) is 34.4 Å². The molecule has 0 fully saturated rings. The van der Waals surface area contributed by atoms with E-state index in [0.717, 1.165) is 22.0 Å². The highest BCUT2D eigenvalue weighted by atomic mass is 19.1. The summed E-state index contributed by atoms with van der Waals surface area (Å²) in [6.07, 6.45) is 5.17. The minimum Gasteiger partial charge on any atom is -0.368 e. The Hall–Kier alpha value is -2.63. The van der Waals surface area contributed by atoms with Gasteiger partial charge in [0.25, 0.3) is 0 Å². The Morgan fingerprint density at radius 2 is 2.25 bits per heavy atom. The highest BCUT2D eigenvalue weighted by molar-refractivity contribution is 5.95. The first kappa shape index (κ1) is 13.8. The molecule has 0 spiro atoms. The molecule has 6 heteroatoms. The molecular weight excluding hydrogens is 259 g/mol. The number of carbonyl (C=O) groups excluding carboxylic acids is 1. The van der Waals surface area contributed by atoms with Crippen molar-refractivity contribution in [3.05, 3.63) is 42.6 Å². The van der Waals surface area contributed by atoms with Gasteiger partial charge in [0.2, 0.25) is 5.91 Å². The van der Waals surface area contributed by atoms with Gasteiger partial charge in [-0.15, -0.1) is 0 Å². The molecule has 0 aliphatic heterocycles. The number of rotatable bonds is 3. The number of hydrogen-bond donors (Lipinski definition) is 2. The number of hydrogen-bond acceptors (Lipinski definition) is 2. The fourth-order valence-corrected chi connectivity index (χ4v) is 2.09. The number of nitrogens with two attached hydrogens (primary N) is 1. The molecule has 3 N–H and O–H groups in total. The molecule has 2 heterocycles. The quantitative estimate of drug-likeness (QED) is 0.768. The van der Waals surface area contributed by atoms with Crippen molar-refractivity contribution in [3.63, 3.8) is 0 Å². The van der Waals surface area contributed by atoms with Crippen molar-refractivity contribution in [1.82, 2.24) is 14.8 Å². The van der Waals surface area contributed by atoms with Crippen LogP contribution >= 0.6 is 0 Å². The second kappa shape index (κ2) is 5.16. The molecule has 0 aliphatic carbocycles. The Balaban J connectivity index is 0.00000147. The Morgan fingerprint density at radius 1 is 1.45 bits per heavy atom. The van der Waals surface area contributed by atoms with Gasteiger partial charge < -0.3 is 10.7 Å². The molecule has 3 aromatic rings. The lowest BCUT2D eigenvalue weighted by Gasteiger charge is -1.96. The number of fused-ring (bicyclic) bond motifs is 1. The van der Waals surface area contributed by atoms with Crippen LogP contribution in [0.2, 0.25) is 0 Å². The van der Waals surface area contributed by atoms with Gasteiger partial charge in [-0.1, -0.05) is 7.43 Å². The number of H-pyrrole nitrogens is 1. The number of carbonyl (C=O) groups is 1.